The first-order valence-electron chi connectivity index (χ1n) is 26.1. The molecular weight excluding hydrogens is 998 g/mol. The molecule has 0 spiro atoms. The van der Waals surface area contributed by atoms with Crippen LogP contribution >= 0.6 is 72.6 Å². The van der Waals surface area contributed by atoms with Gasteiger partial charge in [-0.1, -0.05) is 131 Å². The summed E-state index contributed by atoms with van der Waals surface area (Å²) in [5, 5.41) is 6.77. The Morgan fingerprint density at radius 1 is 0.456 bits per heavy atom. The van der Waals surface area contributed by atoms with E-state index in [9.17, 15) is 0 Å². The van der Waals surface area contributed by atoms with Crippen LogP contribution in [0.4, 0.5) is 0 Å². The fourth-order valence-electron chi connectivity index (χ4n) is 8.78. The van der Waals surface area contributed by atoms with Gasteiger partial charge >= 0.3 is 14.2 Å². The van der Waals surface area contributed by atoms with Crippen molar-refractivity contribution in [1.29, 1.82) is 0 Å². The van der Waals surface area contributed by atoms with Crippen molar-refractivity contribution in [2.75, 3.05) is 0 Å². The first-order valence-corrected chi connectivity index (χ1v) is 31.1. The Balaban J connectivity index is 0.000000205. The van der Waals surface area contributed by atoms with Crippen molar-refractivity contribution in [1.82, 2.24) is 0 Å². The fraction of sp³-hybridized carbons (Fsp3) is 0.643. The van der Waals surface area contributed by atoms with Gasteiger partial charge in [-0.2, -0.15) is 11.3 Å². The molecule has 2 fully saturated rings. The van der Waals surface area contributed by atoms with Crippen LogP contribution in [-0.4, -0.2) is 36.6 Å². The van der Waals surface area contributed by atoms with Crippen LogP contribution in [0.5, 0.6) is 0 Å². The highest BCUT2D eigenvalue weighted by Crippen LogP contribution is 2.44. The summed E-state index contributed by atoms with van der Waals surface area (Å²) in [6.45, 7) is 30.4. The van der Waals surface area contributed by atoms with Gasteiger partial charge in [0.05, 0.1) is 26.2 Å². The molecule has 0 aliphatic carbocycles. The third-order valence-electron chi connectivity index (χ3n) is 15.0. The van der Waals surface area contributed by atoms with E-state index in [4.69, 9.17) is 18.6 Å². The van der Waals surface area contributed by atoms with Crippen molar-refractivity contribution in [3.63, 3.8) is 0 Å². The fourth-order valence-corrected chi connectivity index (χ4v) is 14.2. The first-order chi connectivity index (χ1) is 32.3. The Kier molecular flexibility index (Phi) is 22.8. The number of hydrogen-bond acceptors (Lipinski definition) is 9. The summed E-state index contributed by atoms with van der Waals surface area (Å²) in [7, 11) is -0.664. The summed E-state index contributed by atoms with van der Waals surface area (Å²) >= 11 is 12.9. The predicted octanol–water partition coefficient (Wildman–Crippen LogP) is 18.3. The third kappa shape index (κ3) is 15.5. The third-order valence-corrected chi connectivity index (χ3v) is 21.3. The van der Waals surface area contributed by atoms with Crippen LogP contribution in [0.25, 0.3) is 19.5 Å². The maximum Gasteiger partial charge on any atom is 0.505 e. The lowest BCUT2D eigenvalue weighted by molar-refractivity contribution is 0.00578. The molecule has 0 saturated carbocycles. The quantitative estimate of drug-likeness (QED) is 0.0647. The van der Waals surface area contributed by atoms with Gasteiger partial charge in [-0.3, -0.25) is 0 Å². The van der Waals surface area contributed by atoms with Gasteiger partial charge in [0.15, 0.2) is 0 Å². The SMILES string of the molecule is CC1(C)OB(c2ccc(B3OC(C)(C)C(C)(C)O3)s2)OC1(C)C.CCCCC(CC)Cc1ccsc1-c1ccc(-c2sccc2CC(CC)CCCC)s1.CCCCC(CC)Cc1ccsc1Br. The molecule has 5 aromatic rings. The Hall–Kier alpha value is -1.05. The van der Waals surface area contributed by atoms with Crippen LogP contribution in [0, 0.1) is 17.8 Å². The highest BCUT2D eigenvalue weighted by atomic mass is 79.9. The van der Waals surface area contributed by atoms with Gasteiger partial charge in [0, 0.05) is 29.1 Å². The van der Waals surface area contributed by atoms with Crippen LogP contribution in [0.2, 0.25) is 0 Å². The molecule has 0 radical (unpaired) electrons. The smallest absolute Gasteiger partial charge is 0.399 e. The van der Waals surface area contributed by atoms with Crippen molar-refractivity contribution in [2.45, 2.75) is 216 Å². The molecule has 0 aromatic carbocycles. The summed E-state index contributed by atoms with van der Waals surface area (Å²) in [6.07, 6.45) is 19.8. The van der Waals surface area contributed by atoms with Crippen molar-refractivity contribution in [2.24, 2.45) is 17.8 Å². The largest absolute Gasteiger partial charge is 0.505 e. The van der Waals surface area contributed by atoms with E-state index in [-0.39, 0.29) is 36.6 Å². The number of hydrogen-bond donors (Lipinski definition) is 0. The van der Waals surface area contributed by atoms with Gasteiger partial charge in [0.1, 0.15) is 0 Å². The second kappa shape index (κ2) is 26.8. The Morgan fingerprint density at radius 2 is 0.794 bits per heavy atom. The van der Waals surface area contributed by atoms with Crippen LogP contribution in [0.3, 0.4) is 0 Å². The molecule has 7 heterocycles. The molecule has 0 N–H and O–H groups in total. The normalized spacial score (nSPS) is 18.2. The monoisotopic (exact) mass is 1080 g/mol. The molecule has 3 atom stereocenters. The highest BCUT2D eigenvalue weighted by molar-refractivity contribution is 9.11. The van der Waals surface area contributed by atoms with E-state index in [2.05, 4.69) is 159 Å². The molecule has 2 saturated heterocycles. The van der Waals surface area contributed by atoms with E-state index < -0.39 is 0 Å². The Bertz CT molecular complexity index is 2060. The zero-order valence-corrected chi connectivity index (χ0v) is 50.0. The summed E-state index contributed by atoms with van der Waals surface area (Å²) in [5.41, 5.74) is 3.33. The van der Waals surface area contributed by atoms with E-state index >= 15 is 0 Å². The van der Waals surface area contributed by atoms with Crippen molar-refractivity contribution < 1.29 is 18.6 Å². The topological polar surface area (TPSA) is 36.9 Å². The average molecular weight is 1080 g/mol. The van der Waals surface area contributed by atoms with Crippen LogP contribution in [0.15, 0.2) is 62.4 Å². The van der Waals surface area contributed by atoms with E-state index in [1.807, 2.05) is 46.1 Å². The molecule has 0 amide bonds. The molecule has 7 rings (SSSR count). The van der Waals surface area contributed by atoms with E-state index in [1.165, 1.54) is 125 Å². The zero-order chi connectivity index (χ0) is 49.7. The minimum Gasteiger partial charge on any atom is -0.399 e. The highest BCUT2D eigenvalue weighted by Gasteiger charge is 2.54. The molecule has 376 valence electrons. The van der Waals surface area contributed by atoms with Gasteiger partial charge in [-0.15, -0.1) is 45.3 Å². The van der Waals surface area contributed by atoms with Crippen LogP contribution in [0.1, 0.15) is 191 Å². The molecule has 68 heavy (non-hydrogen) atoms. The van der Waals surface area contributed by atoms with Crippen molar-refractivity contribution >= 4 is 96.4 Å². The number of unbranched alkanes of at least 4 members (excludes halogenated alkanes) is 3. The molecule has 5 aromatic heterocycles. The second-order valence-corrected chi connectivity index (χ2v) is 27.5. The van der Waals surface area contributed by atoms with E-state index in [1.54, 1.807) is 33.8 Å². The van der Waals surface area contributed by atoms with Gasteiger partial charge in [-0.25, -0.2) is 0 Å². The Morgan fingerprint density at radius 3 is 1.12 bits per heavy atom. The van der Waals surface area contributed by atoms with Crippen LogP contribution < -0.4 is 9.55 Å². The maximum atomic E-state index is 6.11. The van der Waals surface area contributed by atoms with Gasteiger partial charge in [0.25, 0.3) is 0 Å². The number of halogens is 1. The lowest BCUT2D eigenvalue weighted by atomic mass is 9.86. The summed E-state index contributed by atoms with van der Waals surface area (Å²) < 4.78 is 27.9. The van der Waals surface area contributed by atoms with Gasteiger partial charge < -0.3 is 18.6 Å². The molecule has 12 heteroatoms. The van der Waals surface area contributed by atoms with Gasteiger partial charge in [0.2, 0.25) is 0 Å². The molecule has 2 aliphatic heterocycles. The number of thiophene rings is 5. The van der Waals surface area contributed by atoms with E-state index in [0.717, 1.165) is 27.3 Å². The average Bonchev–Trinajstić information content (AvgIpc) is 4.17. The van der Waals surface area contributed by atoms with Crippen LogP contribution in [-0.2, 0) is 37.9 Å². The lowest BCUT2D eigenvalue weighted by Crippen LogP contribution is -2.41. The maximum absolute atomic E-state index is 6.11. The molecule has 4 nitrogen and oxygen atoms in total. The predicted molar refractivity (Wildman–Crippen MR) is 310 cm³/mol. The van der Waals surface area contributed by atoms with Crippen molar-refractivity contribution in [3.8, 4) is 19.5 Å². The zero-order valence-electron chi connectivity index (χ0n) is 44.3. The second-order valence-electron chi connectivity index (χ2n) is 21.2. The van der Waals surface area contributed by atoms with E-state index in [0.29, 0.717) is 0 Å². The summed E-state index contributed by atoms with van der Waals surface area (Å²) in [5.74, 6) is 2.53. The molecular formula is C56H85B2BrO4S5. The molecule has 0 bridgehead atoms. The molecule has 2 aliphatic rings. The summed E-state index contributed by atoms with van der Waals surface area (Å²) in [4.78, 5) is 5.95. The number of rotatable bonds is 22. The standard InChI is InChI=1S/C28H40S3.C16H26B2O4S.C12H19BrS/c1-5-9-11-21(7-3)19-23-15-17-29-27(23)25-13-14-26(31-25)28-24(16-18-30-28)20-22(8-4)12-10-6-2;1-13(2)14(3,4)20-17(19-13)11-9-10-12(23-11)18-21-15(5,6)16(7,8)22-18;1-3-5-6-10(4-2)9-11-7-8-14-12(11)13/h13-18,21-22H,5-12,19-20H2,1-4H3;9-10H,1-8H3;7-8,10H,3-6,9H2,1-2H3. The summed E-state index contributed by atoms with van der Waals surface area (Å²) in [6, 6.07) is 15.9. The Labute approximate surface area is 443 Å². The van der Waals surface area contributed by atoms with Crippen molar-refractivity contribution in [3.05, 3.63) is 79.1 Å². The lowest BCUT2D eigenvalue weighted by Gasteiger charge is -2.32. The minimum absolute atomic E-state index is 0.327. The minimum atomic E-state index is -0.332. The first kappa shape index (κ1) is 57.8. The van der Waals surface area contributed by atoms with Gasteiger partial charge in [-0.05, 0) is 171 Å². The molecule has 3 unspecified atom stereocenters.